The second-order valence-corrected chi connectivity index (χ2v) is 6.42. The van der Waals surface area contributed by atoms with Crippen LogP contribution < -0.4 is 10.1 Å². The molecule has 0 spiro atoms. The highest BCUT2D eigenvalue weighted by atomic mass is 127. The zero-order valence-corrected chi connectivity index (χ0v) is 18.1. The number of likely N-dealkylation sites (N-methyl/N-ethyl adjacent to an activating group) is 1. The molecule has 1 saturated carbocycles. The first-order valence-electron chi connectivity index (χ1n) is 9.07. The molecule has 1 aliphatic rings. The summed E-state index contributed by atoms with van der Waals surface area (Å²) in [5.41, 5.74) is 0. The molecule has 1 N–H and O–H groups in total. The van der Waals surface area contributed by atoms with Crippen molar-refractivity contribution in [1.82, 2.24) is 10.2 Å². The van der Waals surface area contributed by atoms with E-state index in [4.69, 9.17) is 9.47 Å². The lowest BCUT2D eigenvalue weighted by Crippen LogP contribution is -2.41. The van der Waals surface area contributed by atoms with E-state index in [9.17, 15) is 4.39 Å². The number of nitrogens with zero attached hydrogens (tertiary/aromatic N) is 2. The fraction of sp³-hybridized carbons (Fsp3) is 0.632. The maximum absolute atomic E-state index is 12.8. The van der Waals surface area contributed by atoms with Crippen molar-refractivity contribution in [3.05, 3.63) is 30.1 Å². The number of halogens is 2. The SMILES string of the molecule is CN=C(NCCCCOc1ccc(F)cc1)N(C)CCOCC1CC1.I. The first kappa shape index (κ1) is 23.0. The number of ether oxygens (including phenoxy) is 2. The second-order valence-electron chi connectivity index (χ2n) is 6.42. The molecule has 0 bridgehead atoms. The Bertz CT molecular complexity index is 524. The first-order valence-corrected chi connectivity index (χ1v) is 9.07. The number of hydrogen-bond donors (Lipinski definition) is 1. The number of unbranched alkanes of at least 4 members (excludes halogenated alkanes) is 1. The molecule has 26 heavy (non-hydrogen) atoms. The van der Waals surface area contributed by atoms with Crippen LogP contribution in [0, 0.1) is 11.7 Å². The van der Waals surface area contributed by atoms with Gasteiger partial charge < -0.3 is 19.7 Å². The Balaban J connectivity index is 0.00000338. The Labute approximate surface area is 173 Å². The first-order chi connectivity index (χ1) is 12.2. The smallest absolute Gasteiger partial charge is 0.193 e. The number of aliphatic imine (C=N–C) groups is 1. The molecule has 5 nitrogen and oxygen atoms in total. The van der Waals surface area contributed by atoms with Crippen molar-refractivity contribution in [3.63, 3.8) is 0 Å². The molecule has 1 aromatic carbocycles. The third-order valence-electron chi connectivity index (χ3n) is 4.13. The van der Waals surface area contributed by atoms with E-state index in [1.165, 1.54) is 25.0 Å². The molecule has 0 heterocycles. The van der Waals surface area contributed by atoms with Crippen LogP contribution in [0.2, 0.25) is 0 Å². The van der Waals surface area contributed by atoms with Crippen LogP contribution in [0.25, 0.3) is 0 Å². The van der Waals surface area contributed by atoms with E-state index in [1.54, 1.807) is 19.2 Å². The molecule has 0 aromatic heterocycles. The lowest BCUT2D eigenvalue weighted by molar-refractivity contribution is 0.115. The van der Waals surface area contributed by atoms with Crippen molar-refractivity contribution in [2.45, 2.75) is 25.7 Å². The van der Waals surface area contributed by atoms with Gasteiger partial charge in [-0.15, -0.1) is 24.0 Å². The van der Waals surface area contributed by atoms with Crippen LogP contribution >= 0.6 is 24.0 Å². The summed E-state index contributed by atoms with van der Waals surface area (Å²) in [5, 5.41) is 3.35. The van der Waals surface area contributed by atoms with Gasteiger partial charge in [0.15, 0.2) is 5.96 Å². The van der Waals surface area contributed by atoms with Gasteiger partial charge in [0.1, 0.15) is 11.6 Å². The highest BCUT2D eigenvalue weighted by molar-refractivity contribution is 14.0. The molecule has 2 rings (SSSR count). The van der Waals surface area contributed by atoms with E-state index in [0.29, 0.717) is 12.4 Å². The van der Waals surface area contributed by atoms with Crippen molar-refractivity contribution in [2.24, 2.45) is 10.9 Å². The monoisotopic (exact) mass is 479 g/mol. The van der Waals surface area contributed by atoms with E-state index in [2.05, 4.69) is 15.2 Å². The number of hydrogen-bond acceptors (Lipinski definition) is 3. The van der Waals surface area contributed by atoms with Crippen LogP contribution in [0.15, 0.2) is 29.3 Å². The molecule has 148 valence electrons. The molecule has 1 aromatic rings. The van der Waals surface area contributed by atoms with Crippen molar-refractivity contribution in [1.29, 1.82) is 0 Å². The molecule has 1 fully saturated rings. The van der Waals surface area contributed by atoms with E-state index >= 15 is 0 Å². The van der Waals surface area contributed by atoms with Gasteiger partial charge in [-0.25, -0.2) is 4.39 Å². The lowest BCUT2D eigenvalue weighted by Gasteiger charge is -2.22. The minimum absolute atomic E-state index is 0. The normalized spacial score (nSPS) is 13.9. The predicted octanol–water partition coefficient (Wildman–Crippen LogP) is 3.54. The molecule has 0 amide bonds. The molecule has 0 atom stereocenters. The van der Waals surface area contributed by atoms with Crippen molar-refractivity contribution >= 4 is 29.9 Å². The topological polar surface area (TPSA) is 46.1 Å². The van der Waals surface area contributed by atoms with Crippen LogP contribution in [-0.2, 0) is 4.74 Å². The zero-order valence-electron chi connectivity index (χ0n) is 15.7. The van der Waals surface area contributed by atoms with E-state index in [-0.39, 0.29) is 29.8 Å². The summed E-state index contributed by atoms with van der Waals surface area (Å²) < 4.78 is 24.0. The van der Waals surface area contributed by atoms with Crippen molar-refractivity contribution in [2.75, 3.05) is 47.0 Å². The van der Waals surface area contributed by atoms with Gasteiger partial charge in [-0.05, 0) is 55.9 Å². The van der Waals surface area contributed by atoms with Gasteiger partial charge in [-0.2, -0.15) is 0 Å². The summed E-state index contributed by atoms with van der Waals surface area (Å²) >= 11 is 0. The fourth-order valence-corrected chi connectivity index (χ4v) is 2.37. The third-order valence-corrected chi connectivity index (χ3v) is 4.13. The maximum atomic E-state index is 12.8. The van der Waals surface area contributed by atoms with Gasteiger partial charge in [-0.1, -0.05) is 0 Å². The Morgan fingerprint density at radius 2 is 1.96 bits per heavy atom. The van der Waals surface area contributed by atoms with Gasteiger partial charge in [0.05, 0.1) is 13.2 Å². The standard InChI is InChI=1S/C19H30FN3O2.HI/c1-21-19(23(2)12-14-24-15-16-5-6-16)22-11-3-4-13-25-18-9-7-17(20)8-10-18;/h7-10,16H,3-6,11-15H2,1-2H3,(H,21,22);1H. The Hall–Kier alpha value is -1.09. The summed E-state index contributed by atoms with van der Waals surface area (Å²) in [4.78, 5) is 6.38. The number of benzene rings is 1. The Kier molecular flexibility index (Phi) is 11.6. The van der Waals surface area contributed by atoms with Crippen LogP contribution in [0.5, 0.6) is 5.75 Å². The van der Waals surface area contributed by atoms with Crippen LogP contribution in [0.4, 0.5) is 4.39 Å². The van der Waals surface area contributed by atoms with Gasteiger partial charge in [0.25, 0.3) is 0 Å². The van der Waals surface area contributed by atoms with Crippen LogP contribution in [0.1, 0.15) is 25.7 Å². The molecule has 0 unspecified atom stereocenters. The molecular weight excluding hydrogens is 448 g/mol. The van der Waals surface area contributed by atoms with Gasteiger partial charge in [-0.3, -0.25) is 4.99 Å². The summed E-state index contributed by atoms with van der Waals surface area (Å²) in [6.07, 6.45) is 4.55. The molecule has 0 aliphatic heterocycles. The number of guanidine groups is 1. The highest BCUT2D eigenvalue weighted by Gasteiger charge is 2.21. The van der Waals surface area contributed by atoms with Crippen LogP contribution in [0.3, 0.4) is 0 Å². The largest absolute Gasteiger partial charge is 0.494 e. The minimum atomic E-state index is -0.245. The molecule has 1 aliphatic carbocycles. The second kappa shape index (κ2) is 13.1. The fourth-order valence-electron chi connectivity index (χ4n) is 2.37. The van der Waals surface area contributed by atoms with E-state index in [1.807, 2.05) is 7.05 Å². The molecular formula is C19H31FIN3O2. The predicted molar refractivity (Wildman–Crippen MR) is 114 cm³/mol. The van der Waals surface area contributed by atoms with E-state index in [0.717, 1.165) is 51.0 Å². The molecule has 0 saturated heterocycles. The van der Waals surface area contributed by atoms with Gasteiger partial charge in [0.2, 0.25) is 0 Å². The van der Waals surface area contributed by atoms with E-state index < -0.39 is 0 Å². The quantitative estimate of drug-likeness (QED) is 0.228. The summed E-state index contributed by atoms with van der Waals surface area (Å²) in [6, 6.07) is 6.11. The van der Waals surface area contributed by atoms with Crippen molar-refractivity contribution < 1.29 is 13.9 Å². The minimum Gasteiger partial charge on any atom is -0.494 e. The molecule has 0 radical (unpaired) electrons. The average Bonchev–Trinajstić information content (AvgIpc) is 3.44. The summed E-state index contributed by atoms with van der Waals surface area (Å²) in [6.45, 7) is 3.93. The number of rotatable bonds is 11. The highest BCUT2D eigenvalue weighted by Crippen LogP contribution is 2.28. The number of nitrogens with one attached hydrogen (secondary N) is 1. The average molecular weight is 479 g/mol. The van der Waals surface area contributed by atoms with Gasteiger partial charge in [0, 0.05) is 33.8 Å². The van der Waals surface area contributed by atoms with Crippen LogP contribution in [-0.4, -0.2) is 57.9 Å². The summed E-state index contributed by atoms with van der Waals surface area (Å²) in [5.74, 6) is 2.15. The Morgan fingerprint density at radius 3 is 2.62 bits per heavy atom. The Morgan fingerprint density at radius 1 is 1.23 bits per heavy atom. The zero-order chi connectivity index (χ0) is 17.9. The van der Waals surface area contributed by atoms with Gasteiger partial charge >= 0.3 is 0 Å². The van der Waals surface area contributed by atoms with Crippen molar-refractivity contribution in [3.8, 4) is 5.75 Å². The molecule has 7 heteroatoms. The lowest BCUT2D eigenvalue weighted by atomic mass is 10.3. The summed E-state index contributed by atoms with van der Waals surface area (Å²) in [7, 11) is 3.81. The third kappa shape index (κ3) is 9.56. The maximum Gasteiger partial charge on any atom is 0.193 e.